The molecule has 1 atom stereocenters. The van der Waals surface area contributed by atoms with Crippen molar-refractivity contribution < 1.29 is 24.2 Å². The molecule has 1 aliphatic rings. The van der Waals surface area contributed by atoms with E-state index in [4.69, 9.17) is 26.8 Å². The first-order chi connectivity index (χ1) is 14.4. The lowest BCUT2D eigenvalue weighted by Gasteiger charge is -2.31. The van der Waals surface area contributed by atoms with Gasteiger partial charge in [0.15, 0.2) is 11.7 Å². The minimum Gasteiger partial charge on any atom is -0.495 e. The van der Waals surface area contributed by atoms with Crippen LogP contribution < -0.4 is 25.4 Å². The van der Waals surface area contributed by atoms with Gasteiger partial charge in [0.2, 0.25) is 0 Å². The number of para-hydroxylation sites is 3. The van der Waals surface area contributed by atoms with Crippen molar-refractivity contribution in [1.29, 1.82) is 0 Å². The second-order valence-corrected chi connectivity index (χ2v) is 6.85. The Kier molecular flexibility index (Phi) is 6.53. The van der Waals surface area contributed by atoms with Crippen LogP contribution in [0.25, 0.3) is 0 Å². The molecule has 1 heterocycles. The summed E-state index contributed by atoms with van der Waals surface area (Å²) in [5.41, 5.74) is 2.07. The number of carboxylic acid groups (broad SMARTS) is 1. The van der Waals surface area contributed by atoms with E-state index in [2.05, 4.69) is 16.0 Å². The number of thiocarbonyl (C=S) groups is 1. The number of carbonyl (C=O) groups is 2. The number of carbonyl (C=O) groups excluding carboxylic acids is 1. The quantitative estimate of drug-likeness (QED) is 0.500. The van der Waals surface area contributed by atoms with Gasteiger partial charge in [-0.25, -0.2) is 4.79 Å². The minimum atomic E-state index is -1.10. The molecule has 0 spiro atoms. The number of allylic oxidation sites excluding steroid dienone is 1. The summed E-state index contributed by atoms with van der Waals surface area (Å²) in [4.78, 5) is 24.2. The molecule has 156 valence electrons. The fraction of sp³-hybridized carbons (Fsp3) is 0.190. The van der Waals surface area contributed by atoms with Crippen molar-refractivity contribution >= 4 is 34.9 Å². The molecule has 3 rings (SSSR count). The molecule has 2 aromatic rings. The number of hydrogen-bond donors (Lipinski definition) is 4. The van der Waals surface area contributed by atoms with Gasteiger partial charge < -0.3 is 30.5 Å². The average molecular weight is 427 g/mol. The van der Waals surface area contributed by atoms with Crippen molar-refractivity contribution in [3.63, 3.8) is 0 Å². The fourth-order valence-corrected chi connectivity index (χ4v) is 3.43. The molecule has 0 aromatic heterocycles. The lowest BCUT2D eigenvalue weighted by Crippen LogP contribution is -2.45. The summed E-state index contributed by atoms with van der Waals surface area (Å²) in [6, 6.07) is 13.3. The second kappa shape index (κ2) is 9.27. The summed E-state index contributed by atoms with van der Waals surface area (Å²) in [6.07, 6.45) is 0. The average Bonchev–Trinajstić information content (AvgIpc) is 2.72. The van der Waals surface area contributed by atoms with Crippen LogP contribution in [0.2, 0.25) is 0 Å². The van der Waals surface area contributed by atoms with Crippen LogP contribution in [0.1, 0.15) is 18.5 Å². The van der Waals surface area contributed by atoms with Gasteiger partial charge in [0.1, 0.15) is 11.5 Å². The second-order valence-electron chi connectivity index (χ2n) is 6.44. The lowest BCUT2D eigenvalue weighted by atomic mass is 9.94. The van der Waals surface area contributed by atoms with E-state index < -0.39 is 18.6 Å². The number of hydrogen-bond acceptors (Lipinski definition) is 5. The first kappa shape index (κ1) is 21.1. The fourth-order valence-electron chi connectivity index (χ4n) is 3.16. The Bertz CT molecular complexity index is 1020. The number of aliphatic carboxylic acids is 1. The highest BCUT2D eigenvalue weighted by Crippen LogP contribution is 2.34. The summed E-state index contributed by atoms with van der Waals surface area (Å²) < 4.78 is 10.7. The molecule has 8 nitrogen and oxygen atoms in total. The summed E-state index contributed by atoms with van der Waals surface area (Å²) in [6.45, 7) is 1.25. The van der Waals surface area contributed by atoms with Gasteiger partial charge in [-0.15, -0.1) is 0 Å². The molecule has 2 aromatic carbocycles. The summed E-state index contributed by atoms with van der Waals surface area (Å²) in [7, 11) is 1.52. The van der Waals surface area contributed by atoms with E-state index in [-0.39, 0.29) is 5.91 Å². The van der Waals surface area contributed by atoms with Gasteiger partial charge in [-0.3, -0.25) is 4.79 Å². The van der Waals surface area contributed by atoms with Crippen molar-refractivity contribution in [1.82, 2.24) is 10.6 Å². The van der Waals surface area contributed by atoms with Gasteiger partial charge >= 0.3 is 5.97 Å². The maximum Gasteiger partial charge on any atom is 0.341 e. The molecule has 4 N–H and O–H groups in total. The molecule has 0 saturated carbocycles. The smallest absolute Gasteiger partial charge is 0.341 e. The molecule has 0 bridgehead atoms. The number of methoxy groups -OCH3 is 1. The third kappa shape index (κ3) is 4.69. The number of ether oxygens (including phenoxy) is 2. The number of benzene rings is 2. The lowest BCUT2D eigenvalue weighted by molar-refractivity contribution is -0.139. The zero-order chi connectivity index (χ0) is 21.7. The topological polar surface area (TPSA) is 109 Å². The van der Waals surface area contributed by atoms with E-state index in [1.54, 1.807) is 55.5 Å². The van der Waals surface area contributed by atoms with Crippen molar-refractivity contribution in [2.75, 3.05) is 19.0 Å². The number of amides is 1. The monoisotopic (exact) mass is 427 g/mol. The van der Waals surface area contributed by atoms with E-state index in [1.165, 1.54) is 7.11 Å². The maximum absolute atomic E-state index is 13.2. The SMILES string of the molecule is COc1ccccc1NC(=O)C1=C(C)NC(=S)N[C@@H]1c1ccccc1OCC(=O)O. The highest BCUT2D eigenvalue weighted by atomic mass is 32.1. The standard InChI is InChI=1S/C21H21N3O5S/c1-12-18(20(27)23-14-8-4-6-10-16(14)28-2)19(24-21(30)22-12)13-7-3-5-9-15(13)29-11-17(25)26/h3-10,19H,11H2,1-2H3,(H,23,27)(H,25,26)(H2,22,24,30)/t19-/m1/s1. The number of anilines is 1. The summed E-state index contributed by atoms with van der Waals surface area (Å²) in [5.74, 6) is -0.590. The van der Waals surface area contributed by atoms with E-state index in [9.17, 15) is 9.59 Å². The Labute approximate surface area is 178 Å². The van der Waals surface area contributed by atoms with Crippen molar-refractivity contribution in [3.05, 3.63) is 65.4 Å². The van der Waals surface area contributed by atoms with Gasteiger partial charge in [0.05, 0.1) is 24.4 Å². The molecule has 0 fully saturated rings. The van der Waals surface area contributed by atoms with Gasteiger partial charge in [0, 0.05) is 11.3 Å². The molecule has 1 aliphatic heterocycles. The zero-order valence-electron chi connectivity index (χ0n) is 16.4. The predicted molar refractivity (Wildman–Crippen MR) is 116 cm³/mol. The normalized spacial score (nSPS) is 15.7. The van der Waals surface area contributed by atoms with Crippen molar-refractivity contribution in [2.45, 2.75) is 13.0 Å². The molecular weight excluding hydrogens is 406 g/mol. The minimum absolute atomic E-state index is 0.345. The summed E-state index contributed by atoms with van der Waals surface area (Å²) in [5, 5.41) is 18.2. The highest BCUT2D eigenvalue weighted by molar-refractivity contribution is 7.80. The molecular formula is C21H21N3O5S. The van der Waals surface area contributed by atoms with Crippen molar-refractivity contribution in [2.24, 2.45) is 0 Å². The van der Waals surface area contributed by atoms with Gasteiger partial charge in [-0.2, -0.15) is 0 Å². The third-order valence-electron chi connectivity index (χ3n) is 4.45. The van der Waals surface area contributed by atoms with Crippen LogP contribution in [0, 0.1) is 0 Å². The van der Waals surface area contributed by atoms with E-state index in [0.717, 1.165) is 0 Å². The number of rotatable bonds is 7. The number of carboxylic acids is 1. The maximum atomic E-state index is 13.2. The van der Waals surface area contributed by atoms with Crippen molar-refractivity contribution in [3.8, 4) is 11.5 Å². The zero-order valence-corrected chi connectivity index (χ0v) is 17.2. The largest absolute Gasteiger partial charge is 0.495 e. The van der Waals surface area contributed by atoms with Gasteiger partial charge in [0.25, 0.3) is 5.91 Å². The Hall–Kier alpha value is -3.59. The van der Waals surface area contributed by atoms with Gasteiger partial charge in [-0.05, 0) is 37.3 Å². The summed E-state index contributed by atoms with van der Waals surface area (Å²) >= 11 is 5.28. The van der Waals surface area contributed by atoms with Crippen LogP contribution in [0.5, 0.6) is 11.5 Å². The molecule has 0 radical (unpaired) electrons. The Morgan fingerprint density at radius 1 is 1.13 bits per heavy atom. The van der Waals surface area contributed by atoms with Crippen LogP contribution in [0.15, 0.2) is 59.8 Å². The Morgan fingerprint density at radius 2 is 1.80 bits per heavy atom. The van der Waals surface area contributed by atoms with E-state index in [1.807, 2.05) is 0 Å². The molecule has 9 heteroatoms. The van der Waals surface area contributed by atoms with E-state index in [0.29, 0.717) is 39.1 Å². The van der Waals surface area contributed by atoms with Gasteiger partial charge in [-0.1, -0.05) is 30.3 Å². The highest BCUT2D eigenvalue weighted by Gasteiger charge is 2.32. The third-order valence-corrected chi connectivity index (χ3v) is 4.67. The first-order valence-electron chi connectivity index (χ1n) is 9.07. The molecule has 30 heavy (non-hydrogen) atoms. The predicted octanol–water partition coefficient (Wildman–Crippen LogP) is 2.59. The van der Waals surface area contributed by atoms with Crippen LogP contribution in [0.3, 0.4) is 0 Å². The van der Waals surface area contributed by atoms with E-state index >= 15 is 0 Å². The molecule has 0 unspecified atom stereocenters. The molecule has 0 saturated heterocycles. The van der Waals surface area contributed by atoms with Crippen LogP contribution in [0.4, 0.5) is 5.69 Å². The van der Waals surface area contributed by atoms with Crippen LogP contribution >= 0.6 is 12.2 Å². The van der Waals surface area contributed by atoms with Crippen LogP contribution in [-0.2, 0) is 9.59 Å². The first-order valence-corrected chi connectivity index (χ1v) is 9.47. The molecule has 1 amide bonds. The Balaban J connectivity index is 1.98. The Morgan fingerprint density at radius 3 is 2.50 bits per heavy atom. The van der Waals surface area contributed by atoms with Crippen LogP contribution in [-0.4, -0.2) is 35.8 Å². The molecule has 0 aliphatic carbocycles. The number of nitrogens with one attached hydrogen (secondary N) is 3.